The third kappa shape index (κ3) is 3.48. The topological polar surface area (TPSA) is 49.2 Å². The lowest BCUT2D eigenvalue weighted by Crippen LogP contribution is -2.37. The summed E-state index contributed by atoms with van der Waals surface area (Å²) in [6, 6.07) is 2.37. The molecule has 0 aromatic carbocycles. The van der Waals surface area contributed by atoms with E-state index in [4.69, 9.17) is 9.97 Å². The van der Waals surface area contributed by atoms with E-state index in [1.165, 1.54) is 42.4 Å². The second-order valence-corrected chi connectivity index (χ2v) is 8.51. The Morgan fingerprint density at radius 2 is 2.00 bits per heavy atom. The van der Waals surface area contributed by atoms with E-state index < -0.39 is 0 Å². The van der Waals surface area contributed by atoms with Crippen LogP contribution in [0, 0.1) is 6.92 Å². The first-order valence-electron chi connectivity index (χ1n) is 9.36. The van der Waals surface area contributed by atoms with Crippen molar-refractivity contribution in [2.75, 3.05) is 13.1 Å². The SMILES string of the molecule is Cc1nc(CN2CCC[C@H](O)C2)c2cc(C3CCCCC3)sc2n1. The van der Waals surface area contributed by atoms with Gasteiger partial charge >= 0.3 is 0 Å². The molecule has 1 saturated heterocycles. The number of fused-ring (bicyclic) bond motifs is 1. The number of hydrogen-bond donors (Lipinski definition) is 1. The maximum Gasteiger partial charge on any atom is 0.127 e. The first-order chi connectivity index (χ1) is 11.7. The van der Waals surface area contributed by atoms with Crippen LogP contribution in [0.1, 0.15) is 67.3 Å². The van der Waals surface area contributed by atoms with Crippen LogP contribution >= 0.6 is 11.3 Å². The molecular formula is C19H27N3OS. The Labute approximate surface area is 147 Å². The molecule has 0 spiro atoms. The van der Waals surface area contributed by atoms with Gasteiger partial charge in [-0.15, -0.1) is 11.3 Å². The standard InChI is InChI=1S/C19H27N3OS/c1-13-20-17(12-22-9-5-8-15(23)11-22)16-10-18(24-19(16)21-13)14-6-3-2-4-7-14/h10,14-15,23H,2-9,11-12H2,1H3/t15-/m0/s1. The Hall–Kier alpha value is -1.04. The quantitative estimate of drug-likeness (QED) is 0.913. The van der Waals surface area contributed by atoms with Crippen molar-refractivity contribution in [3.05, 3.63) is 22.5 Å². The van der Waals surface area contributed by atoms with Crippen LogP contribution in [-0.2, 0) is 6.54 Å². The van der Waals surface area contributed by atoms with Crippen LogP contribution < -0.4 is 0 Å². The molecule has 0 radical (unpaired) electrons. The van der Waals surface area contributed by atoms with Gasteiger partial charge in [-0.2, -0.15) is 0 Å². The molecule has 1 atom stereocenters. The van der Waals surface area contributed by atoms with Gasteiger partial charge in [-0.05, 0) is 51.1 Å². The zero-order valence-corrected chi connectivity index (χ0v) is 15.3. The summed E-state index contributed by atoms with van der Waals surface area (Å²) in [6.45, 7) is 4.65. The second kappa shape index (κ2) is 7.06. The van der Waals surface area contributed by atoms with Gasteiger partial charge in [0.15, 0.2) is 0 Å². The molecule has 1 N–H and O–H groups in total. The van der Waals surface area contributed by atoms with Crippen molar-refractivity contribution < 1.29 is 5.11 Å². The van der Waals surface area contributed by atoms with E-state index in [-0.39, 0.29) is 6.10 Å². The summed E-state index contributed by atoms with van der Waals surface area (Å²) in [5.74, 6) is 1.59. The zero-order chi connectivity index (χ0) is 16.5. The maximum atomic E-state index is 9.93. The van der Waals surface area contributed by atoms with Gasteiger partial charge in [-0.25, -0.2) is 9.97 Å². The third-order valence-electron chi connectivity index (χ3n) is 5.46. The summed E-state index contributed by atoms with van der Waals surface area (Å²) in [4.78, 5) is 14.4. The molecule has 2 aromatic rings. The number of aliphatic hydroxyl groups is 1. The molecule has 0 amide bonds. The number of β-amino-alcohol motifs (C(OH)–C–C–N with tert-alkyl or cyclic N) is 1. The lowest BCUT2D eigenvalue weighted by Gasteiger charge is -2.29. The molecule has 1 aliphatic carbocycles. The van der Waals surface area contributed by atoms with Crippen molar-refractivity contribution in [1.82, 2.24) is 14.9 Å². The average molecular weight is 346 g/mol. The molecule has 5 heteroatoms. The van der Waals surface area contributed by atoms with E-state index in [2.05, 4.69) is 11.0 Å². The molecule has 1 aliphatic heterocycles. The molecule has 0 bridgehead atoms. The predicted molar refractivity (Wildman–Crippen MR) is 98.5 cm³/mol. The Kier molecular flexibility index (Phi) is 4.83. The number of rotatable bonds is 3. The van der Waals surface area contributed by atoms with Gasteiger partial charge in [0.1, 0.15) is 10.7 Å². The van der Waals surface area contributed by atoms with Gasteiger partial charge in [-0.1, -0.05) is 19.3 Å². The van der Waals surface area contributed by atoms with E-state index >= 15 is 0 Å². The minimum Gasteiger partial charge on any atom is -0.392 e. The first kappa shape index (κ1) is 16.4. The van der Waals surface area contributed by atoms with Crippen LogP contribution in [0.2, 0.25) is 0 Å². The minimum absolute atomic E-state index is 0.183. The molecular weight excluding hydrogens is 318 g/mol. The van der Waals surface area contributed by atoms with Gasteiger partial charge in [0, 0.05) is 23.4 Å². The fourth-order valence-corrected chi connectivity index (χ4v) is 5.48. The molecule has 2 aromatic heterocycles. The molecule has 2 aliphatic rings. The van der Waals surface area contributed by atoms with Gasteiger partial charge in [0.25, 0.3) is 0 Å². The summed E-state index contributed by atoms with van der Waals surface area (Å²) in [5.41, 5.74) is 1.14. The normalized spacial score (nSPS) is 23.8. The van der Waals surface area contributed by atoms with E-state index in [9.17, 15) is 5.11 Å². The zero-order valence-electron chi connectivity index (χ0n) is 14.5. The number of thiophene rings is 1. The Morgan fingerprint density at radius 1 is 1.17 bits per heavy atom. The van der Waals surface area contributed by atoms with E-state index in [1.54, 1.807) is 0 Å². The predicted octanol–water partition coefficient (Wildman–Crippen LogP) is 4.00. The summed E-state index contributed by atoms with van der Waals surface area (Å²) < 4.78 is 0. The van der Waals surface area contributed by atoms with Gasteiger partial charge in [0.05, 0.1) is 11.8 Å². The molecule has 24 heavy (non-hydrogen) atoms. The molecule has 4 nitrogen and oxygen atoms in total. The smallest absolute Gasteiger partial charge is 0.127 e. The van der Waals surface area contributed by atoms with Crippen LogP contribution in [-0.4, -0.2) is 39.2 Å². The highest BCUT2D eigenvalue weighted by molar-refractivity contribution is 7.18. The summed E-state index contributed by atoms with van der Waals surface area (Å²) in [6.07, 6.45) is 8.59. The Morgan fingerprint density at radius 3 is 2.79 bits per heavy atom. The van der Waals surface area contributed by atoms with Crippen LogP contribution in [0.15, 0.2) is 6.07 Å². The number of aromatic nitrogens is 2. The number of likely N-dealkylation sites (tertiary alicyclic amines) is 1. The van der Waals surface area contributed by atoms with Gasteiger partial charge < -0.3 is 5.11 Å². The van der Waals surface area contributed by atoms with Crippen molar-refractivity contribution in [3.8, 4) is 0 Å². The summed E-state index contributed by atoms with van der Waals surface area (Å²) in [5, 5.41) is 11.2. The van der Waals surface area contributed by atoms with Crippen molar-refractivity contribution >= 4 is 21.6 Å². The van der Waals surface area contributed by atoms with Crippen LogP contribution in [0.4, 0.5) is 0 Å². The van der Waals surface area contributed by atoms with Crippen molar-refractivity contribution in [1.29, 1.82) is 0 Å². The van der Waals surface area contributed by atoms with Crippen LogP contribution in [0.25, 0.3) is 10.2 Å². The highest BCUT2D eigenvalue weighted by atomic mass is 32.1. The minimum atomic E-state index is -0.183. The van der Waals surface area contributed by atoms with Gasteiger partial charge in [0.2, 0.25) is 0 Å². The fraction of sp³-hybridized carbons (Fsp3) is 0.684. The molecule has 1 saturated carbocycles. The Bertz CT molecular complexity index is 708. The molecule has 2 fully saturated rings. The largest absolute Gasteiger partial charge is 0.392 e. The molecule has 0 unspecified atom stereocenters. The first-order valence-corrected chi connectivity index (χ1v) is 10.2. The number of piperidine rings is 1. The number of hydrogen-bond acceptors (Lipinski definition) is 5. The molecule has 4 rings (SSSR count). The Balaban J connectivity index is 1.62. The molecule has 3 heterocycles. The fourth-order valence-electron chi connectivity index (χ4n) is 4.21. The van der Waals surface area contributed by atoms with Crippen molar-refractivity contribution in [2.24, 2.45) is 0 Å². The highest BCUT2D eigenvalue weighted by Gasteiger charge is 2.22. The second-order valence-electron chi connectivity index (χ2n) is 7.45. The molecule has 130 valence electrons. The van der Waals surface area contributed by atoms with E-state index in [0.717, 1.165) is 54.7 Å². The number of nitrogens with zero attached hydrogens (tertiary/aromatic N) is 3. The van der Waals surface area contributed by atoms with Crippen LogP contribution in [0.3, 0.4) is 0 Å². The van der Waals surface area contributed by atoms with Crippen molar-refractivity contribution in [2.45, 2.75) is 70.4 Å². The van der Waals surface area contributed by atoms with Gasteiger partial charge in [-0.3, -0.25) is 4.90 Å². The number of aliphatic hydroxyl groups excluding tert-OH is 1. The number of aryl methyl sites for hydroxylation is 1. The lowest BCUT2D eigenvalue weighted by atomic mass is 9.88. The summed E-state index contributed by atoms with van der Waals surface area (Å²) in [7, 11) is 0. The highest BCUT2D eigenvalue weighted by Crippen LogP contribution is 2.39. The lowest BCUT2D eigenvalue weighted by molar-refractivity contribution is 0.0664. The van der Waals surface area contributed by atoms with E-state index in [1.807, 2.05) is 18.3 Å². The average Bonchev–Trinajstić information content (AvgIpc) is 3.00. The monoisotopic (exact) mass is 345 g/mol. The van der Waals surface area contributed by atoms with Crippen molar-refractivity contribution in [3.63, 3.8) is 0 Å². The van der Waals surface area contributed by atoms with E-state index in [0.29, 0.717) is 0 Å². The van der Waals surface area contributed by atoms with Crippen LogP contribution in [0.5, 0.6) is 0 Å². The third-order valence-corrected chi connectivity index (χ3v) is 6.66. The maximum absolute atomic E-state index is 9.93. The summed E-state index contributed by atoms with van der Waals surface area (Å²) >= 11 is 1.88.